The quantitative estimate of drug-likeness (QED) is 0.412. The number of ether oxygens (including phenoxy) is 1. The maximum Gasteiger partial charge on any atom is 0.224 e. The summed E-state index contributed by atoms with van der Waals surface area (Å²) >= 11 is 5.96. The molecule has 0 spiro atoms. The minimum absolute atomic E-state index is 0.113. The number of thiol groups is 1. The fourth-order valence-corrected chi connectivity index (χ4v) is 2.96. The van der Waals surface area contributed by atoms with Gasteiger partial charge in [0.15, 0.2) is 0 Å². The summed E-state index contributed by atoms with van der Waals surface area (Å²) < 4.78 is 28.7. The molecule has 0 aliphatic heterocycles. The summed E-state index contributed by atoms with van der Waals surface area (Å²) in [6, 6.07) is 14.3. The molecule has 0 radical (unpaired) electrons. The zero-order valence-electron chi connectivity index (χ0n) is 15.4. The van der Waals surface area contributed by atoms with Crippen LogP contribution in [-0.2, 0) is 17.3 Å². The van der Waals surface area contributed by atoms with Gasteiger partial charge in [0.2, 0.25) is 10.9 Å². The molecular formula is C19H25ClN2O4S. The van der Waals surface area contributed by atoms with E-state index in [1.807, 2.05) is 24.3 Å². The van der Waals surface area contributed by atoms with Crippen LogP contribution in [0.4, 0.5) is 5.69 Å². The third-order valence-electron chi connectivity index (χ3n) is 3.99. The zero-order valence-corrected chi connectivity index (χ0v) is 17.0. The summed E-state index contributed by atoms with van der Waals surface area (Å²) in [4.78, 5) is 0. The number of nitrogens with zero attached hydrogens (tertiary/aromatic N) is 1. The van der Waals surface area contributed by atoms with Gasteiger partial charge in [0.1, 0.15) is 18.0 Å². The van der Waals surface area contributed by atoms with Crippen LogP contribution in [-0.4, -0.2) is 45.9 Å². The van der Waals surface area contributed by atoms with Crippen molar-refractivity contribution in [3.05, 3.63) is 59.1 Å². The predicted molar refractivity (Wildman–Crippen MR) is 109 cm³/mol. The molecule has 1 unspecified atom stereocenters. The lowest BCUT2D eigenvalue weighted by Crippen LogP contribution is -2.43. The Morgan fingerprint density at radius 3 is 2.56 bits per heavy atom. The molecule has 6 nitrogen and oxygen atoms in total. The number of anilines is 1. The third-order valence-corrected chi connectivity index (χ3v) is 4.95. The predicted octanol–water partition coefficient (Wildman–Crippen LogP) is 2.26. The topological polar surface area (TPSA) is 78.9 Å². The van der Waals surface area contributed by atoms with Gasteiger partial charge < -0.3 is 15.2 Å². The molecule has 0 saturated heterocycles. The van der Waals surface area contributed by atoms with Crippen LogP contribution in [0.1, 0.15) is 12.5 Å². The van der Waals surface area contributed by atoms with Crippen molar-refractivity contribution >= 4 is 28.2 Å². The lowest BCUT2D eigenvalue weighted by Gasteiger charge is -2.24. The van der Waals surface area contributed by atoms with Crippen molar-refractivity contribution in [3.8, 4) is 5.75 Å². The minimum atomic E-state index is -2.66. The maximum atomic E-state index is 11.0. The monoisotopic (exact) mass is 412 g/mol. The van der Waals surface area contributed by atoms with Gasteiger partial charge in [-0.2, -0.15) is 0 Å². The van der Waals surface area contributed by atoms with Crippen molar-refractivity contribution in [1.82, 2.24) is 5.32 Å². The Morgan fingerprint density at radius 1 is 1.22 bits per heavy atom. The number of benzene rings is 2. The van der Waals surface area contributed by atoms with E-state index in [0.717, 1.165) is 16.3 Å². The Hall–Kier alpha value is -1.80. The summed E-state index contributed by atoms with van der Waals surface area (Å²) in [5.74, 6) is 0.562. The molecule has 0 bridgehead atoms. The van der Waals surface area contributed by atoms with Crippen LogP contribution in [0.15, 0.2) is 48.5 Å². The lowest BCUT2D eigenvalue weighted by atomic mass is 10.1. The standard InChI is InChI=1S/C19H25ClN2O4S/c1-19(23,13-21-11-10-15-4-3-5-16(20)12-15)14-26-18-8-6-17(7-9-18)22(2)27(24)25/h3-9,12,21,23,27H,10-11,13-14H2,1-2H3. The van der Waals surface area contributed by atoms with Gasteiger partial charge in [-0.05, 0) is 61.9 Å². The Morgan fingerprint density at radius 2 is 1.93 bits per heavy atom. The van der Waals surface area contributed by atoms with Crippen LogP contribution in [0.5, 0.6) is 5.75 Å². The molecule has 0 aliphatic carbocycles. The molecule has 0 heterocycles. The molecule has 148 valence electrons. The van der Waals surface area contributed by atoms with Crippen LogP contribution in [0.25, 0.3) is 0 Å². The summed E-state index contributed by atoms with van der Waals surface area (Å²) in [5.41, 5.74) is 0.644. The molecule has 2 aromatic carbocycles. The Kier molecular flexibility index (Phi) is 7.91. The second-order valence-electron chi connectivity index (χ2n) is 6.60. The van der Waals surface area contributed by atoms with Gasteiger partial charge >= 0.3 is 0 Å². The Balaban J connectivity index is 1.75. The van der Waals surface area contributed by atoms with Crippen LogP contribution >= 0.6 is 11.6 Å². The molecule has 0 aliphatic rings. The van der Waals surface area contributed by atoms with E-state index in [-0.39, 0.29) is 6.61 Å². The van der Waals surface area contributed by atoms with Crippen LogP contribution in [0.3, 0.4) is 0 Å². The average Bonchev–Trinajstić information content (AvgIpc) is 2.63. The molecule has 0 amide bonds. The van der Waals surface area contributed by atoms with E-state index < -0.39 is 16.5 Å². The Labute approximate surface area is 166 Å². The van der Waals surface area contributed by atoms with Crippen LogP contribution in [0.2, 0.25) is 5.02 Å². The molecule has 0 fully saturated rings. The van der Waals surface area contributed by atoms with Gasteiger partial charge in [0.05, 0.1) is 5.69 Å². The first-order valence-electron chi connectivity index (χ1n) is 8.55. The summed E-state index contributed by atoms with van der Waals surface area (Å²) in [7, 11) is -1.19. The highest BCUT2D eigenvalue weighted by Gasteiger charge is 2.21. The van der Waals surface area contributed by atoms with E-state index in [1.165, 1.54) is 7.05 Å². The average molecular weight is 413 g/mol. The molecule has 0 aromatic heterocycles. The van der Waals surface area contributed by atoms with Crippen molar-refractivity contribution in [1.29, 1.82) is 0 Å². The highest BCUT2D eigenvalue weighted by atomic mass is 35.5. The van der Waals surface area contributed by atoms with E-state index >= 15 is 0 Å². The van der Waals surface area contributed by atoms with Crippen molar-refractivity contribution in [3.63, 3.8) is 0 Å². The molecule has 1 atom stereocenters. The number of nitrogens with one attached hydrogen (secondary N) is 1. The largest absolute Gasteiger partial charge is 0.491 e. The van der Waals surface area contributed by atoms with Gasteiger partial charge in [0.25, 0.3) is 0 Å². The molecule has 2 N–H and O–H groups in total. The Bertz CT molecular complexity index is 802. The third kappa shape index (κ3) is 7.38. The second-order valence-corrected chi connectivity index (χ2v) is 8.11. The molecular weight excluding hydrogens is 388 g/mol. The van der Waals surface area contributed by atoms with Crippen LogP contribution in [0, 0.1) is 0 Å². The first-order valence-corrected chi connectivity index (χ1v) is 10.1. The number of aliphatic hydroxyl groups is 1. The zero-order chi connectivity index (χ0) is 19.9. The van der Waals surface area contributed by atoms with Gasteiger partial charge in [-0.3, -0.25) is 4.31 Å². The molecule has 2 aromatic rings. The summed E-state index contributed by atoms with van der Waals surface area (Å²) in [6.45, 7) is 2.90. The van der Waals surface area contributed by atoms with E-state index in [4.69, 9.17) is 16.3 Å². The summed E-state index contributed by atoms with van der Waals surface area (Å²) in [5, 5.41) is 14.4. The van der Waals surface area contributed by atoms with E-state index in [9.17, 15) is 13.5 Å². The fraction of sp³-hybridized carbons (Fsp3) is 0.368. The normalized spacial score (nSPS) is 13.4. The van der Waals surface area contributed by atoms with Crippen LogP contribution < -0.4 is 14.4 Å². The second kappa shape index (κ2) is 9.94. The van der Waals surface area contributed by atoms with Crippen molar-refractivity contribution < 1.29 is 18.3 Å². The van der Waals surface area contributed by atoms with E-state index in [1.54, 1.807) is 31.2 Å². The SMILES string of the molecule is CN(c1ccc(OCC(C)(O)CNCCc2cccc(Cl)c2)cc1)[SH](=O)=O. The number of hydrogen-bond acceptors (Lipinski definition) is 5. The van der Waals surface area contributed by atoms with E-state index in [0.29, 0.717) is 29.5 Å². The summed E-state index contributed by atoms with van der Waals surface area (Å²) in [6.07, 6.45) is 0.814. The van der Waals surface area contributed by atoms with Crippen molar-refractivity contribution in [2.24, 2.45) is 0 Å². The number of halogens is 1. The fourth-order valence-electron chi connectivity index (χ4n) is 2.43. The minimum Gasteiger partial charge on any atom is -0.491 e. The molecule has 8 heteroatoms. The first kappa shape index (κ1) is 21.5. The van der Waals surface area contributed by atoms with Gasteiger partial charge in [-0.25, -0.2) is 8.42 Å². The molecule has 2 rings (SSSR count). The maximum absolute atomic E-state index is 11.0. The van der Waals surface area contributed by atoms with Crippen molar-refractivity contribution in [2.75, 3.05) is 31.0 Å². The number of rotatable bonds is 10. The lowest BCUT2D eigenvalue weighted by molar-refractivity contribution is 0.0125. The van der Waals surface area contributed by atoms with E-state index in [2.05, 4.69) is 5.32 Å². The van der Waals surface area contributed by atoms with Crippen molar-refractivity contribution in [2.45, 2.75) is 18.9 Å². The first-order chi connectivity index (χ1) is 12.8. The van der Waals surface area contributed by atoms with Gasteiger partial charge in [-0.15, -0.1) is 0 Å². The highest BCUT2D eigenvalue weighted by molar-refractivity contribution is 7.74. The van der Waals surface area contributed by atoms with Gasteiger partial charge in [-0.1, -0.05) is 23.7 Å². The molecule has 27 heavy (non-hydrogen) atoms. The highest BCUT2D eigenvalue weighted by Crippen LogP contribution is 2.19. The molecule has 0 saturated carbocycles. The smallest absolute Gasteiger partial charge is 0.224 e. The van der Waals surface area contributed by atoms with Gasteiger partial charge in [0, 0.05) is 18.6 Å². The number of hydrogen-bond donors (Lipinski definition) is 3.